The summed E-state index contributed by atoms with van der Waals surface area (Å²) in [5, 5.41) is 3.17. The van der Waals surface area contributed by atoms with E-state index in [4.69, 9.17) is 4.74 Å². The molecular weight excluding hydrogens is 288 g/mol. The molecule has 4 nitrogen and oxygen atoms in total. The van der Waals surface area contributed by atoms with Crippen LogP contribution in [-0.2, 0) is 18.3 Å². The highest BCUT2D eigenvalue weighted by Crippen LogP contribution is 2.33. The van der Waals surface area contributed by atoms with Crippen molar-refractivity contribution >= 4 is 5.91 Å². The Morgan fingerprint density at radius 2 is 2.17 bits per heavy atom. The standard InChI is InChI=1S/C19H24N2O2/c1-14(9-10-15-6-5-12-21(15)2)20-19(22)17-11-13-23-18-8-4-3-7-16(17)18/h3-8,12,14,17H,9-11,13H2,1-2H3,(H,20,22)/t14-,17+/m1/s1. The van der Waals surface area contributed by atoms with E-state index in [9.17, 15) is 4.79 Å². The lowest BCUT2D eigenvalue weighted by molar-refractivity contribution is -0.123. The van der Waals surface area contributed by atoms with E-state index in [1.54, 1.807) is 0 Å². The van der Waals surface area contributed by atoms with Gasteiger partial charge in [0.15, 0.2) is 0 Å². The van der Waals surface area contributed by atoms with E-state index in [1.165, 1.54) is 5.69 Å². The van der Waals surface area contributed by atoms with Gasteiger partial charge in [0.25, 0.3) is 0 Å². The van der Waals surface area contributed by atoms with Crippen molar-refractivity contribution in [3.05, 3.63) is 53.9 Å². The smallest absolute Gasteiger partial charge is 0.228 e. The van der Waals surface area contributed by atoms with E-state index in [2.05, 4.69) is 42.2 Å². The molecular formula is C19H24N2O2. The summed E-state index contributed by atoms with van der Waals surface area (Å²) in [6.45, 7) is 2.68. The maximum absolute atomic E-state index is 12.6. The second-order valence-electron chi connectivity index (χ2n) is 6.29. The molecule has 4 heteroatoms. The number of aromatic nitrogens is 1. The van der Waals surface area contributed by atoms with Crippen LogP contribution in [0.2, 0.25) is 0 Å². The van der Waals surface area contributed by atoms with Crippen molar-refractivity contribution in [2.75, 3.05) is 6.61 Å². The molecule has 1 aliphatic heterocycles. The van der Waals surface area contributed by atoms with Gasteiger partial charge in [-0.05, 0) is 44.4 Å². The molecule has 0 radical (unpaired) electrons. The second-order valence-corrected chi connectivity index (χ2v) is 6.29. The monoisotopic (exact) mass is 312 g/mol. The third-order valence-electron chi connectivity index (χ3n) is 4.55. The summed E-state index contributed by atoms with van der Waals surface area (Å²) in [5.41, 5.74) is 2.30. The van der Waals surface area contributed by atoms with E-state index in [0.29, 0.717) is 6.61 Å². The zero-order chi connectivity index (χ0) is 16.2. The van der Waals surface area contributed by atoms with Gasteiger partial charge in [0.1, 0.15) is 5.75 Å². The molecule has 1 aromatic heterocycles. The Kier molecular flexibility index (Phi) is 4.70. The van der Waals surface area contributed by atoms with E-state index in [0.717, 1.165) is 30.6 Å². The largest absolute Gasteiger partial charge is 0.493 e. The quantitative estimate of drug-likeness (QED) is 0.922. The van der Waals surface area contributed by atoms with Crippen molar-refractivity contribution in [1.82, 2.24) is 9.88 Å². The first-order valence-electron chi connectivity index (χ1n) is 8.27. The van der Waals surface area contributed by atoms with E-state index in [1.807, 2.05) is 24.3 Å². The molecule has 2 heterocycles. The summed E-state index contributed by atoms with van der Waals surface area (Å²) in [6.07, 6.45) is 4.70. The number of aryl methyl sites for hydroxylation is 2. The van der Waals surface area contributed by atoms with E-state index < -0.39 is 0 Å². The highest BCUT2D eigenvalue weighted by Gasteiger charge is 2.27. The van der Waals surface area contributed by atoms with Gasteiger partial charge in [-0.2, -0.15) is 0 Å². The topological polar surface area (TPSA) is 43.3 Å². The van der Waals surface area contributed by atoms with Crippen LogP contribution in [0.4, 0.5) is 0 Å². The molecule has 122 valence electrons. The second kappa shape index (κ2) is 6.90. The lowest BCUT2D eigenvalue weighted by Crippen LogP contribution is -2.38. The minimum absolute atomic E-state index is 0.0996. The molecule has 0 fully saturated rings. The molecule has 2 aromatic rings. The average molecular weight is 312 g/mol. The van der Waals surface area contributed by atoms with Crippen LogP contribution < -0.4 is 10.1 Å². The highest BCUT2D eigenvalue weighted by molar-refractivity contribution is 5.85. The van der Waals surface area contributed by atoms with Gasteiger partial charge in [-0.15, -0.1) is 0 Å². The number of hydrogen-bond acceptors (Lipinski definition) is 2. The van der Waals surface area contributed by atoms with Crippen LogP contribution in [0.25, 0.3) is 0 Å². The number of fused-ring (bicyclic) bond motifs is 1. The Labute approximate surface area is 137 Å². The predicted molar refractivity (Wildman–Crippen MR) is 90.6 cm³/mol. The van der Waals surface area contributed by atoms with Crippen LogP contribution in [-0.4, -0.2) is 23.1 Å². The van der Waals surface area contributed by atoms with Crippen molar-refractivity contribution in [3.8, 4) is 5.75 Å². The van der Waals surface area contributed by atoms with Crippen molar-refractivity contribution in [3.63, 3.8) is 0 Å². The SMILES string of the molecule is C[C@H](CCc1cccn1C)NC(=O)[C@H]1CCOc2ccccc21. The highest BCUT2D eigenvalue weighted by atomic mass is 16.5. The normalized spacial score (nSPS) is 17.9. The van der Waals surface area contributed by atoms with Gasteiger partial charge in [0, 0.05) is 30.5 Å². The molecule has 0 bridgehead atoms. The first-order chi connectivity index (χ1) is 11.1. The lowest BCUT2D eigenvalue weighted by atomic mass is 9.92. The average Bonchev–Trinajstić information content (AvgIpc) is 2.97. The fourth-order valence-electron chi connectivity index (χ4n) is 3.15. The number of hydrogen-bond donors (Lipinski definition) is 1. The summed E-state index contributed by atoms with van der Waals surface area (Å²) in [5.74, 6) is 0.855. The summed E-state index contributed by atoms with van der Waals surface area (Å²) in [6, 6.07) is 12.2. The fraction of sp³-hybridized carbons (Fsp3) is 0.421. The Morgan fingerprint density at radius 3 is 2.96 bits per heavy atom. The van der Waals surface area contributed by atoms with E-state index >= 15 is 0 Å². The molecule has 0 spiro atoms. The van der Waals surface area contributed by atoms with Crippen LogP contribution in [0.1, 0.15) is 36.9 Å². The third kappa shape index (κ3) is 3.58. The maximum Gasteiger partial charge on any atom is 0.228 e. The van der Waals surface area contributed by atoms with Crippen LogP contribution in [0.5, 0.6) is 5.75 Å². The number of carbonyl (C=O) groups is 1. The molecule has 0 saturated heterocycles. The van der Waals surface area contributed by atoms with Gasteiger partial charge in [-0.3, -0.25) is 4.79 Å². The molecule has 0 unspecified atom stereocenters. The number of nitrogens with one attached hydrogen (secondary N) is 1. The minimum atomic E-state index is -0.0996. The molecule has 1 aromatic carbocycles. The van der Waals surface area contributed by atoms with Crippen LogP contribution in [0.3, 0.4) is 0 Å². The Balaban J connectivity index is 1.58. The van der Waals surface area contributed by atoms with Gasteiger partial charge >= 0.3 is 0 Å². The van der Waals surface area contributed by atoms with Gasteiger partial charge in [-0.1, -0.05) is 18.2 Å². The minimum Gasteiger partial charge on any atom is -0.493 e. The molecule has 1 aliphatic rings. The Morgan fingerprint density at radius 1 is 1.35 bits per heavy atom. The molecule has 2 atom stereocenters. The zero-order valence-corrected chi connectivity index (χ0v) is 13.8. The van der Waals surface area contributed by atoms with Crippen LogP contribution >= 0.6 is 0 Å². The first kappa shape index (κ1) is 15.7. The molecule has 0 aliphatic carbocycles. The molecule has 1 N–H and O–H groups in total. The lowest BCUT2D eigenvalue weighted by Gasteiger charge is -2.26. The number of rotatable bonds is 5. The molecule has 3 rings (SSSR count). The summed E-state index contributed by atoms with van der Waals surface area (Å²) in [4.78, 5) is 12.6. The van der Waals surface area contributed by atoms with Crippen LogP contribution in [0.15, 0.2) is 42.6 Å². The summed E-state index contributed by atoms with van der Waals surface area (Å²) >= 11 is 0. The van der Waals surface area contributed by atoms with Crippen molar-refractivity contribution in [1.29, 1.82) is 0 Å². The number of carbonyl (C=O) groups excluding carboxylic acids is 1. The van der Waals surface area contributed by atoms with Crippen molar-refractivity contribution < 1.29 is 9.53 Å². The summed E-state index contributed by atoms with van der Waals surface area (Å²) < 4.78 is 7.76. The Bertz CT molecular complexity index is 678. The number of ether oxygens (including phenoxy) is 1. The molecule has 23 heavy (non-hydrogen) atoms. The fourth-order valence-corrected chi connectivity index (χ4v) is 3.15. The van der Waals surface area contributed by atoms with Gasteiger partial charge in [-0.25, -0.2) is 0 Å². The zero-order valence-electron chi connectivity index (χ0n) is 13.8. The van der Waals surface area contributed by atoms with Gasteiger partial charge < -0.3 is 14.6 Å². The third-order valence-corrected chi connectivity index (χ3v) is 4.55. The molecule has 1 amide bonds. The van der Waals surface area contributed by atoms with Crippen molar-refractivity contribution in [2.45, 2.75) is 38.1 Å². The molecule has 0 saturated carbocycles. The van der Waals surface area contributed by atoms with Crippen molar-refractivity contribution in [2.24, 2.45) is 7.05 Å². The number of benzene rings is 1. The number of amides is 1. The summed E-state index contributed by atoms with van der Waals surface area (Å²) in [7, 11) is 2.05. The van der Waals surface area contributed by atoms with Crippen LogP contribution in [0, 0.1) is 0 Å². The number of para-hydroxylation sites is 1. The van der Waals surface area contributed by atoms with Gasteiger partial charge in [0.2, 0.25) is 5.91 Å². The first-order valence-corrected chi connectivity index (χ1v) is 8.27. The predicted octanol–water partition coefficient (Wildman–Crippen LogP) is 3.03. The maximum atomic E-state index is 12.6. The number of nitrogens with zero attached hydrogens (tertiary/aromatic N) is 1. The van der Waals surface area contributed by atoms with Gasteiger partial charge in [0.05, 0.1) is 12.5 Å². The van der Waals surface area contributed by atoms with E-state index in [-0.39, 0.29) is 17.9 Å². The Hall–Kier alpha value is -2.23.